The Balaban J connectivity index is 2.55. The monoisotopic (exact) mass is 253 g/mol. The van der Waals surface area contributed by atoms with Gasteiger partial charge in [0, 0.05) is 17.0 Å². The summed E-state index contributed by atoms with van der Waals surface area (Å²) >= 11 is 5.86. The van der Waals surface area contributed by atoms with E-state index in [0.29, 0.717) is 29.4 Å². The SMILES string of the molecule is CC(O)c1cc(Cl)ccc1OCCCCC#N. The molecule has 0 amide bonds. The highest BCUT2D eigenvalue weighted by Gasteiger charge is 2.09. The molecule has 4 heteroatoms. The molecule has 0 aromatic heterocycles. The van der Waals surface area contributed by atoms with Gasteiger partial charge in [0.15, 0.2) is 0 Å². The third kappa shape index (κ3) is 4.64. The van der Waals surface area contributed by atoms with E-state index in [4.69, 9.17) is 21.6 Å². The van der Waals surface area contributed by atoms with Crippen LogP contribution in [0.15, 0.2) is 18.2 Å². The van der Waals surface area contributed by atoms with Crippen molar-refractivity contribution in [3.8, 4) is 11.8 Å². The number of hydrogen-bond acceptors (Lipinski definition) is 3. The highest BCUT2D eigenvalue weighted by atomic mass is 35.5. The van der Waals surface area contributed by atoms with E-state index in [2.05, 4.69) is 6.07 Å². The van der Waals surface area contributed by atoms with Crippen molar-refractivity contribution >= 4 is 11.6 Å². The Bertz CT molecular complexity index is 399. The van der Waals surface area contributed by atoms with Crippen molar-refractivity contribution in [1.29, 1.82) is 5.26 Å². The van der Waals surface area contributed by atoms with Gasteiger partial charge in [0.05, 0.1) is 18.8 Å². The van der Waals surface area contributed by atoms with E-state index in [1.807, 2.05) is 0 Å². The van der Waals surface area contributed by atoms with Crippen LogP contribution in [0.2, 0.25) is 5.02 Å². The fraction of sp³-hybridized carbons (Fsp3) is 0.462. The van der Waals surface area contributed by atoms with Gasteiger partial charge in [-0.1, -0.05) is 11.6 Å². The summed E-state index contributed by atoms with van der Waals surface area (Å²) in [4.78, 5) is 0. The number of hydrogen-bond donors (Lipinski definition) is 1. The summed E-state index contributed by atoms with van der Waals surface area (Å²) in [5.41, 5.74) is 0.692. The predicted octanol–water partition coefficient (Wildman–Crippen LogP) is 3.47. The van der Waals surface area contributed by atoms with Gasteiger partial charge in [-0.2, -0.15) is 5.26 Å². The van der Waals surface area contributed by atoms with Gasteiger partial charge in [-0.05, 0) is 38.0 Å². The topological polar surface area (TPSA) is 53.2 Å². The van der Waals surface area contributed by atoms with Gasteiger partial charge in [0.25, 0.3) is 0 Å². The van der Waals surface area contributed by atoms with Crippen molar-refractivity contribution in [2.75, 3.05) is 6.61 Å². The van der Waals surface area contributed by atoms with Crippen molar-refractivity contribution in [3.05, 3.63) is 28.8 Å². The van der Waals surface area contributed by atoms with Crippen molar-refractivity contribution in [2.45, 2.75) is 32.3 Å². The molecule has 1 aromatic rings. The number of ether oxygens (including phenoxy) is 1. The molecule has 92 valence electrons. The summed E-state index contributed by atoms with van der Waals surface area (Å²) < 4.78 is 5.57. The van der Waals surface area contributed by atoms with E-state index in [9.17, 15) is 5.11 Å². The van der Waals surface area contributed by atoms with Crippen LogP contribution in [0.1, 0.15) is 37.9 Å². The standard InChI is InChI=1S/C13H16ClNO2/c1-10(16)12-9-11(14)5-6-13(12)17-8-4-2-3-7-15/h5-6,9-10,16H,2-4,8H2,1H3. The third-order valence-electron chi connectivity index (χ3n) is 2.36. The number of nitriles is 1. The molecule has 0 aliphatic heterocycles. The minimum absolute atomic E-state index is 0.545. The lowest BCUT2D eigenvalue weighted by molar-refractivity contribution is 0.191. The summed E-state index contributed by atoms with van der Waals surface area (Å²) in [6, 6.07) is 7.29. The van der Waals surface area contributed by atoms with Crippen LogP contribution in [-0.2, 0) is 0 Å². The zero-order valence-electron chi connectivity index (χ0n) is 9.82. The van der Waals surface area contributed by atoms with Crippen molar-refractivity contribution < 1.29 is 9.84 Å². The van der Waals surface area contributed by atoms with E-state index < -0.39 is 6.10 Å². The largest absolute Gasteiger partial charge is 0.493 e. The van der Waals surface area contributed by atoms with Crippen molar-refractivity contribution in [2.24, 2.45) is 0 Å². The summed E-state index contributed by atoms with van der Waals surface area (Å²) in [6.45, 7) is 2.22. The lowest BCUT2D eigenvalue weighted by atomic mass is 10.1. The summed E-state index contributed by atoms with van der Waals surface area (Å²) in [7, 11) is 0. The quantitative estimate of drug-likeness (QED) is 0.790. The molecule has 1 aromatic carbocycles. The molecule has 0 spiro atoms. The molecule has 0 saturated carbocycles. The van der Waals surface area contributed by atoms with Crippen LogP contribution < -0.4 is 4.74 Å². The van der Waals surface area contributed by atoms with Crippen molar-refractivity contribution in [1.82, 2.24) is 0 Å². The molecule has 3 nitrogen and oxygen atoms in total. The second-order valence-electron chi connectivity index (χ2n) is 3.82. The molecule has 1 atom stereocenters. The van der Waals surface area contributed by atoms with Gasteiger partial charge in [0.1, 0.15) is 5.75 Å². The van der Waals surface area contributed by atoms with E-state index in [0.717, 1.165) is 12.8 Å². The lowest BCUT2D eigenvalue weighted by Crippen LogP contribution is -2.02. The number of benzene rings is 1. The van der Waals surface area contributed by atoms with Gasteiger partial charge in [-0.25, -0.2) is 0 Å². The minimum atomic E-state index is -0.609. The molecule has 0 heterocycles. The molecule has 1 rings (SSSR count). The summed E-state index contributed by atoms with van der Waals surface area (Å²) in [5.74, 6) is 0.654. The van der Waals surface area contributed by atoms with E-state index in [1.54, 1.807) is 25.1 Å². The van der Waals surface area contributed by atoms with Crippen LogP contribution >= 0.6 is 11.6 Å². The number of aliphatic hydroxyl groups excluding tert-OH is 1. The maximum atomic E-state index is 9.59. The van der Waals surface area contributed by atoms with E-state index in [-0.39, 0.29) is 0 Å². The molecule has 0 radical (unpaired) electrons. The number of rotatable bonds is 6. The fourth-order valence-electron chi connectivity index (χ4n) is 1.47. The average molecular weight is 254 g/mol. The highest BCUT2D eigenvalue weighted by Crippen LogP contribution is 2.28. The number of aliphatic hydroxyl groups is 1. The zero-order chi connectivity index (χ0) is 12.7. The number of nitrogens with zero attached hydrogens (tertiary/aromatic N) is 1. The molecule has 0 aliphatic carbocycles. The smallest absolute Gasteiger partial charge is 0.125 e. The number of halogens is 1. The molecule has 0 fully saturated rings. The van der Waals surface area contributed by atoms with Crippen LogP contribution in [0, 0.1) is 11.3 Å². The Hall–Kier alpha value is -1.24. The maximum Gasteiger partial charge on any atom is 0.125 e. The minimum Gasteiger partial charge on any atom is -0.493 e. The first-order valence-corrected chi connectivity index (χ1v) is 6.00. The molecule has 1 unspecified atom stereocenters. The van der Waals surface area contributed by atoms with Crippen LogP contribution in [0.3, 0.4) is 0 Å². The van der Waals surface area contributed by atoms with Gasteiger partial charge in [0.2, 0.25) is 0 Å². The first kappa shape index (κ1) is 13.8. The molecule has 0 bridgehead atoms. The highest BCUT2D eigenvalue weighted by molar-refractivity contribution is 6.30. The lowest BCUT2D eigenvalue weighted by Gasteiger charge is -2.13. The Morgan fingerprint density at radius 2 is 2.24 bits per heavy atom. The summed E-state index contributed by atoms with van der Waals surface area (Å²) in [5, 5.41) is 18.6. The Kier molecular flexibility index (Phi) is 5.82. The molecular formula is C13H16ClNO2. The second-order valence-corrected chi connectivity index (χ2v) is 4.26. The van der Waals surface area contributed by atoms with Gasteiger partial charge in [-0.15, -0.1) is 0 Å². The first-order valence-electron chi connectivity index (χ1n) is 5.62. The van der Waals surface area contributed by atoms with Crippen LogP contribution in [0.5, 0.6) is 5.75 Å². The normalized spacial score (nSPS) is 11.9. The second kappa shape index (κ2) is 7.16. The van der Waals surface area contributed by atoms with Gasteiger partial charge < -0.3 is 9.84 Å². The number of unbranched alkanes of at least 4 members (excludes halogenated alkanes) is 2. The Morgan fingerprint density at radius 1 is 1.47 bits per heavy atom. The zero-order valence-corrected chi connectivity index (χ0v) is 10.6. The Labute approximate surface area is 107 Å². The first-order chi connectivity index (χ1) is 8.15. The Morgan fingerprint density at radius 3 is 2.88 bits per heavy atom. The van der Waals surface area contributed by atoms with E-state index >= 15 is 0 Å². The van der Waals surface area contributed by atoms with E-state index in [1.165, 1.54) is 0 Å². The summed E-state index contributed by atoms with van der Waals surface area (Å²) in [6.07, 6.45) is 1.60. The molecular weight excluding hydrogens is 238 g/mol. The van der Waals surface area contributed by atoms with Crippen LogP contribution in [-0.4, -0.2) is 11.7 Å². The molecule has 1 N–H and O–H groups in total. The molecule has 0 aliphatic rings. The fourth-order valence-corrected chi connectivity index (χ4v) is 1.65. The molecule has 17 heavy (non-hydrogen) atoms. The maximum absolute atomic E-state index is 9.59. The third-order valence-corrected chi connectivity index (χ3v) is 2.60. The van der Waals surface area contributed by atoms with Gasteiger partial charge >= 0.3 is 0 Å². The predicted molar refractivity (Wildman–Crippen MR) is 67.0 cm³/mol. The van der Waals surface area contributed by atoms with Crippen molar-refractivity contribution in [3.63, 3.8) is 0 Å². The molecule has 0 saturated heterocycles. The average Bonchev–Trinajstić information content (AvgIpc) is 2.30. The van der Waals surface area contributed by atoms with Crippen LogP contribution in [0.4, 0.5) is 0 Å². The van der Waals surface area contributed by atoms with Gasteiger partial charge in [-0.3, -0.25) is 0 Å². The van der Waals surface area contributed by atoms with Crippen LogP contribution in [0.25, 0.3) is 0 Å².